The number of fused-ring (bicyclic) bond motifs is 1. The summed E-state index contributed by atoms with van der Waals surface area (Å²) >= 11 is 0. The lowest BCUT2D eigenvalue weighted by molar-refractivity contribution is -0.137. The molecule has 1 amide bonds. The molecule has 1 aromatic carbocycles. The van der Waals surface area contributed by atoms with Crippen LogP contribution >= 0.6 is 0 Å². The van der Waals surface area contributed by atoms with Gasteiger partial charge in [0.15, 0.2) is 0 Å². The van der Waals surface area contributed by atoms with Crippen LogP contribution in [0.5, 0.6) is 0 Å². The second-order valence-electron chi connectivity index (χ2n) is 4.90. The van der Waals surface area contributed by atoms with Crippen molar-refractivity contribution in [2.45, 2.75) is 39.0 Å². The van der Waals surface area contributed by atoms with E-state index < -0.39 is 17.8 Å². The molecular weight excluding hydrogens is 257 g/mol. The predicted octanol–water partition coefficient (Wildman–Crippen LogP) is 3.26. The van der Waals surface area contributed by atoms with E-state index in [4.69, 9.17) is 0 Å². The van der Waals surface area contributed by atoms with Crippen molar-refractivity contribution >= 4 is 17.3 Å². The van der Waals surface area contributed by atoms with Crippen LogP contribution in [-0.2, 0) is 11.0 Å². The summed E-state index contributed by atoms with van der Waals surface area (Å²) in [6.07, 6.45) is -4.41. The van der Waals surface area contributed by atoms with Gasteiger partial charge in [0.1, 0.15) is 6.04 Å². The molecule has 0 aliphatic carbocycles. The largest absolute Gasteiger partial charge is 0.416 e. The van der Waals surface area contributed by atoms with Crippen LogP contribution in [0.25, 0.3) is 0 Å². The van der Waals surface area contributed by atoms with Gasteiger partial charge in [0.05, 0.1) is 16.9 Å². The second-order valence-corrected chi connectivity index (χ2v) is 4.90. The van der Waals surface area contributed by atoms with E-state index in [1.807, 2.05) is 18.7 Å². The lowest BCUT2D eigenvalue weighted by Gasteiger charge is -2.39. The van der Waals surface area contributed by atoms with Crippen LogP contribution in [0.3, 0.4) is 0 Å². The number of rotatable bonds is 1. The summed E-state index contributed by atoms with van der Waals surface area (Å²) < 4.78 is 38.0. The first-order chi connectivity index (χ1) is 8.71. The highest BCUT2D eigenvalue weighted by Gasteiger charge is 2.35. The van der Waals surface area contributed by atoms with Gasteiger partial charge in [-0.2, -0.15) is 13.2 Å². The third kappa shape index (κ3) is 2.39. The SMILES string of the molecule is CC(C)N1c2ccc(C(F)(F)F)cc2NC(=O)C1C. The van der Waals surface area contributed by atoms with Gasteiger partial charge in [-0.3, -0.25) is 4.79 Å². The average Bonchev–Trinajstić information content (AvgIpc) is 2.28. The summed E-state index contributed by atoms with van der Waals surface area (Å²) in [5.74, 6) is -0.291. The molecule has 1 unspecified atom stereocenters. The lowest BCUT2D eigenvalue weighted by Crippen LogP contribution is -2.49. The molecule has 0 saturated heterocycles. The maximum atomic E-state index is 12.7. The van der Waals surface area contributed by atoms with Gasteiger partial charge in [-0.15, -0.1) is 0 Å². The molecule has 0 saturated carbocycles. The number of carbonyl (C=O) groups excluding carboxylic acids is 1. The van der Waals surface area contributed by atoms with Gasteiger partial charge in [-0.25, -0.2) is 0 Å². The molecule has 1 N–H and O–H groups in total. The smallest absolute Gasteiger partial charge is 0.356 e. The number of hydrogen-bond acceptors (Lipinski definition) is 2. The molecule has 3 nitrogen and oxygen atoms in total. The highest BCUT2D eigenvalue weighted by molar-refractivity contribution is 6.03. The van der Waals surface area contributed by atoms with E-state index >= 15 is 0 Å². The monoisotopic (exact) mass is 272 g/mol. The van der Waals surface area contributed by atoms with Gasteiger partial charge in [0.25, 0.3) is 0 Å². The van der Waals surface area contributed by atoms with E-state index in [0.717, 1.165) is 12.1 Å². The Kier molecular flexibility index (Phi) is 3.20. The number of alkyl halides is 3. The normalized spacial score (nSPS) is 19.4. The first-order valence-electron chi connectivity index (χ1n) is 6.02. The maximum absolute atomic E-state index is 12.7. The topological polar surface area (TPSA) is 32.3 Å². The zero-order valence-corrected chi connectivity index (χ0v) is 10.9. The van der Waals surface area contributed by atoms with Gasteiger partial charge in [0.2, 0.25) is 5.91 Å². The molecule has 0 fully saturated rings. The highest BCUT2D eigenvalue weighted by atomic mass is 19.4. The zero-order chi connectivity index (χ0) is 14.4. The number of halogens is 3. The third-order valence-electron chi connectivity index (χ3n) is 3.21. The van der Waals surface area contributed by atoms with E-state index in [1.165, 1.54) is 6.07 Å². The molecule has 0 bridgehead atoms. The van der Waals surface area contributed by atoms with Crippen molar-refractivity contribution in [1.82, 2.24) is 0 Å². The summed E-state index contributed by atoms with van der Waals surface area (Å²) in [6, 6.07) is 3.06. The first-order valence-corrected chi connectivity index (χ1v) is 6.02. The van der Waals surface area contributed by atoms with Crippen LogP contribution < -0.4 is 10.2 Å². The molecule has 6 heteroatoms. The molecule has 1 aliphatic heterocycles. The minimum absolute atomic E-state index is 0.0246. The number of nitrogens with zero attached hydrogens (tertiary/aromatic N) is 1. The number of anilines is 2. The molecule has 2 rings (SSSR count). The standard InChI is InChI=1S/C13H15F3N2O/c1-7(2)18-8(3)12(19)17-10-6-9(13(14,15)16)4-5-11(10)18/h4-8H,1-3H3,(H,17,19). The Morgan fingerprint density at radius 2 is 1.95 bits per heavy atom. The predicted molar refractivity (Wildman–Crippen MR) is 67.2 cm³/mol. The van der Waals surface area contributed by atoms with E-state index in [2.05, 4.69) is 5.32 Å². The Morgan fingerprint density at radius 1 is 1.32 bits per heavy atom. The molecule has 0 radical (unpaired) electrons. The Hall–Kier alpha value is -1.72. The fraction of sp³-hybridized carbons (Fsp3) is 0.462. The minimum atomic E-state index is -4.41. The second kappa shape index (κ2) is 4.43. The van der Waals surface area contributed by atoms with Gasteiger partial charge in [0, 0.05) is 6.04 Å². The molecule has 1 heterocycles. The van der Waals surface area contributed by atoms with Crippen LogP contribution in [0.1, 0.15) is 26.3 Å². The van der Waals surface area contributed by atoms with Crippen molar-refractivity contribution in [2.24, 2.45) is 0 Å². The van der Waals surface area contributed by atoms with Gasteiger partial charge in [-0.05, 0) is 39.0 Å². The summed E-state index contributed by atoms with van der Waals surface area (Å²) in [5.41, 5.74) is 0.0755. The van der Waals surface area contributed by atoms with E-state index in [0.29, 0.717) is 5.69 Å². The van der Waals surface area contributed by atoms with Crippen molar-refractivity contribution in [1.29, 1.82) is 0 Å². The Bertz CT molecular complexity index is 511. The lowest BCUT2D eigenvalue weighted by atomic mass is 10.0. The Morgan fingerprint density at radius 3 is 2.47 bits per heavy atom. The summed E-state index contributed by atoms with van der Waals surface area (Å²) in [5, 5.41) is 2.53. The number of carbonyl (C=O) groups is 1. The van der Waals surface area contributed by atoms with E-state index in [-0.39, 0.29) is 17.6 Å². The molecule has 19 heavy (non-hydrogen) atoms. The maximum Gasteiger partial charge on any atom is 0.416 e. The molecule has 1 atom stereocenters. The molecule has 1 aliphatic rings. The molecule has 104 valence electrons. The van der Waals surface area contributed by atoms with Crippen LogP contribution in [0.4, 0.5) is 24.5 Å². The van der Waals surface area contributed by atoms with Crippen LogP contribution in [-0.4, -0.2) is 18.0 Å². The molecule has 0 aromatic heterocycles. The van der Waals surface area contributed by atoms with Crippen molar-refractivity contribution in [3.05, 3.63) is 23.8 Å². The van der Waals surface area contributed by atoms with Crippen molar-refractivity contribution in [2.75, 3.05) is 10.2 Å². The van der Waals surface area contributed by atoms with Crippen LogP contribution in [0.2, 0.25) is 0 Å². The molecular formula is C13H15F3N2O. The molecule has 1 aromatic rings. The van der Waals surface area contributed by atoms with Crippen LogP contribution in [0.15, 0.2) is 18.2 Å². The quantitative estimate of drug-likeness (QED) is 0.851. The van der Waals surface area contributed by atoms with Gasteiger partial charge < -0.3 is 10.2 Å². The van der Waals surface area contributed by atoms with E-state index in [1.54, 1.807) is 6.92 Å². The van der Waals surface area contributed by atoms with Crippen LogP contribution in [0, 0.1) is 0 Å². The number of nitrogens with one attached hydrogen (secondary N) is 1. The summed E-state index contributed by atoms with van der Waals surface area (Å²) in [6.45, 7) is 5.53. The van der Waals surface area contributed by atoms with E-state index in [9.17, 15) is 18.0 Å². The average molecular weight is 272 g/mol. The number of benzene rings is 1. The van der Waals surface area contributed by atoms with Gasteiger partial charge in [-0.1, -0.05) is 0 Å². The number of amides is 1. The Balaban J connectivity index is 2.51. The Labute approximate surface area is 109 Å². The van der Waals surface area contributed by atoms with Crippen molar-refractivity contribution in [3.8, 4) is 0 Å². The first kappa shape index (κ1) is 13.7. The minimum Gasteiger partial charge on any atom is -0.356 e. The van der Waals surface area contributed by atoms with Crippen molar-refractivity contribution in [3.63, 3.8) is 0 Å². The third-order valence-corrected chi connectivity index (χ3v) is 3.21. The number of hydrogen-bond donors (Lipinski definition) is 1. The fourth-order valence-electron chi connectivity index (χ4n) is 2.34. The zero-order valence-electron chi connectivity index (χ0n) is 10.9. The highest BCUT2D eigenvalue weighted by Crippen LogP contribution is 2.38. The summed E-state index contributed by atoms with van der Waals surface area (Å²) in [4.78, 5) is 13.6. The fourth-order valence-corrected chi connectivity index (χ4v) is 2.34. The van der Waals surface area contributed by atoms with Gasteiger partial charge >= 0.3 is 6.18 Å². The summed E-state index contributed by atoms with van der Waals surface area (Å²) in [7, 11) is 0. The molecule has 0 spiro atoms. The van der Waals surface area contributed by atoms with Crippen molar-refractivity contribution < 1.29 is 18.0 Å².